The molecule has 0 aliphatic carbocycles. The second-order valence-electron chi connectivity index (χ2n) is 5.01. The molecule has 0 bridgehead atoms. The molecule has 0 unspecified atom stereocenters. The fourth-order valence-corrected chi connectivity index (χ4v) is 3.11. The lowest BCUT2D eigenvalue weighted by Crippen LogP contribution is -2.18. The van der Waals surface area contributed by atoms with Gasteiger partial charge in [-0.1, -0.05) is 11.6 Å². The van der Waals surface area contributed by atoms with Crippen LogP contribution in [0.4, 0.5) is 14.5 Å². The lowest BCUT2D eigenvalue weighted by molar-refractivity contribution is -0.480. The molecule has 138 valence electrons. The Morgan fingerprint density at radius 3 is 2.38 bits per heavy atom. The molecule has 2 aromatic carbocycles. The molecule has 0 amide bonds. The Labute approximate surface area is 160 Å². The Hall–Kier alpha value is -2.30. The summed E-state index contributed by atoms with van der Waals surface area (Å²) in [6, 6.07) is 10.2. The number of nitrogens with zero attached hydrogens (tertiary/aromatic N) is 2. The Morgan fingerprint density at radius 2 is 1.77 bits per heavy atom. The summed E-state index contributed by atoms with van der Waals surface area (Å²) in [5.41, 5.74) is 0.107. The quantitative estimate of drug-likeness (QED) is 0.195. The highest BCUT2D eigenvalue weighted by Gasteiger charge is 2.15. The SMILES string of the molecule is C#C.O=[N+]([O-])CCCCN(Sc1ccc(Cl)cc1)c1cc(F)ccc1F. The molecule has 4 nitrogen and oxygen atoms in total. The minimum Gasteiger partial charge on any atom is -0.309 e. The van der Waals surface area contributed by atoms with Gasteiger partial charge in [-0.2, -0.15) is 0 Å². The molecule has 8 heteroatoms. The van der Waals surface area contributed by atoms with Gasteiger partial charge < -0.3 is 4.31 Å². The van der Waals surface area contributed by atoms with Gasteiger partial charge in [0.2, 0.25) is 6.54 Å². The van der Waals surface area contributed by atoms with E-state index in [1.807, 2.05) is 0 Å². The third-order valence-electron chi connectivity index (χ3n) is 3.16. The molecule has 0 radical (unpaired) electrons. The molecule has 26 heavy (non-hydrogen) atoms. The lowest BCUT2D eigenvalue weighted by atomic mass is 10.2. The van der Waals surface area contributed by atoms with Gasteiger partial charge in [0.05, 0.1) is 5.69 Å². The predicted octanol–water partition coefficient (Wildman–Crippen LogP) is 5.44. The normalized spacial score (nSPS) is 9.88. The number of anilines is 1. The number of halogens is 3. The summed E-state index contributed by atoms with van der Waals surface area (Å²) in [6.45, 7) is 0.201. The molecular weight excluding hydrogens is 382 g/mol. The second-order valence-corrected chi connectivity index (χ2v) is 6.54. The zero-order chi connectivity index (χ0) is 19.5. The van der Waals surface area contributed by atoms with E-state index < -0.39 is 11.6 Å². The molecular formula is C18H17ClF2N2O2S. The molecule has 0 saturated carbocycles. The van der Waals surface area contributed by atoms with Crippen LogP contribution in [0.2, 0.25) is 5.02 Å². The molecule has 0 aromatic heterocycles. The first kappa shape index (κ1) is 21.7. The van der Waals surface area contributed by atoms with Crippen molar-refractivity contribution in [2.45, 2.75) is 17.7 Å². The molecule has 0 spiro atoms. The van der Waals surface area contributed by atoms with Crippen LogP contribution in [0.15, 0.2) is 47.4 Å². The van der Waals surface area contributed by atoms with Crippen molar-refractivity contribution in [3.05, 3.63) is 69.2 Å². The van der Waals surface area contributed by atoms with Crippen molar-refractivity contribution in [3.63, 3.8) is 0 Å². The van der Waals surface area contributed by atoms with Crippen molar-refractivity contribution < 1.29 is 13.7 Å². The Morgan fingerprint density at radius 1 is 1.12 bits per heavy atom. The van der Waals surface area contributed by atoms with E-state index in [-0.39, 0.29) is 17.2 Å². The Bertz CT molecular complexity index is 742. The minimum absolute atomic E-state index is 0.107. The van der Waals surface area contributed by atoms with Crippen molar-refractivity contribution >= 4 is 29.2 Å². The van der Waals surface area contributed by atoms with E-state index in [0.717, 1.165) is 23.1 Å². The van der Waals surface area contributed by atoms with Crippen LogP contribution in [0.5, 0.6) is 0 Å². The average molecular weight is 399 g/mol. The van der Waals surface area contributed by atoms with E-state index in [4.69, 9.17) is 11.6 Å². The summed E-state index contributed by atoms with van der Waals surface area (Å²) < 4.78 is 29.2. The van der Waals surface area contributed by atoms with Gasteiger partial charge in [0, 0.05) is 33.9 Å². The van der Waals surface area contributed by atoms with Crippen molar-refractivity contribution in [2.24, 2.45) is 0 Å². The maximum atomic E-state index is 14.1. The van der Waals surface area contributed by atoms with Crippen LogP contribution in [0.3, 0.4) is 0 Å². The third kappa shape index (κ3) is 7.30. The summed E-state index contributed by atoms with van der Waals surface area (Å²) in [5, 5.41) is 11.0. The minimum atomic E-state index is -0.549. The summed E-state index contributed by atoms with van der Waals surface area (Å²) >= 11 is 7.08. The topological polar surface area (TPSA) is 46.4 Å². The summed E-state index contributed by atoms with van der Waals surface area (Å²) in [5.74, 6) is -1.09. The summed E-state index contributed by atoms with van der Waals surface area (Å²) in [6.07, 6.45) is 8.85. The highest BCUT2D eigenvalue weighted by atomic mass is 35.5. The van der Waals surface area contributed by atoms with Crippen molar-refractivity contribution in [3.8, 4) is 12.8 Å². The zero-order valence-electron chi connectivity index (χ0n) is 13.8. The molecule has 0 saturated heterocycles. The lowest BCUT2D eigenvalue weighted by Gasteiger charge is -2.23. The predicted molar refractivity (Wildman–Crippen MR) is 102 cm³/mol. The molecule has 2 aromatic rings. The van der Waals surface area contributed by atoms with Gasteiger partial charge in [0.1, 0.15) is 11.6 Å². The van der Waals surface area contributed by atoms with Crippen LogP contribution in [0, 0.1) is 34.6 Å². The third-order valence-corrected chi connectivity index (χ3v) is 4.49. The van der Waals surface area contributed by atoms with E-state index in [1.54, 1.807) is 28.6 Å². The average Bonchev–Trinajstić information content (AvgIpc) is 2.63. The number of hydrogen-bond acceptors (Lipinski definition) is 4. The van der Waals surface area contributed by atoms with Crippen LogP contribution in [0.25, 0.3) is 0 Å². The Balaban J connectivity index is 0.00000163. The molecule has 0 heterocycles. The van der Waals surface area contributed by atoms with E-state index >= 15 is 0 Å². The molecule has 2 rings (SSSR count). The molecule has 0 aliphatic heterocycles. The zero-order valence-corrected chi connectivity index (χ0v) is 15.4. The van der Waals surface area contributed by atoms with Crippen molar-refractivity contribution in [2.75, 3.05) is 17.4 Å². The van der Waals surface area contributed by atoms with Crippen LogP contribution < -0.4 is 4.31 Å². The maximum Gasteiger partial charge on any atom is 0.203 e. The van der Waals surface area contributed by atoms with Crippen LogP contribution in [0.1, 0.15) is 12.8 Å². The number of rotatable bonds is 8. The number of nitro groups is 1. The number of terminal acetylenes is 1. The standard InChI is InChI=1S/C16H15ClF2N2O2S.C2H2/c17-12-3-6-14(7-4-12)24-20(9-1-2-10-21(22)23)16-11-13(18)5-8-15(16)19;1-2/h3-8,11H,1-2,9-10H2;1-2H. The van der Waals surface area contributed by atoms with Gasteiger partial charge in [-0.3, -0.25) is 10.1 Å². The van der Waals surface area contributed by atoms with Crippen molar-refractivity contribution in [1.29, 1.82) is 0 Å². The summed E-state index contributed by atoms with van der Waals surface area (Å²) in [4.78, 5) is 10.8. The Kier molecular flexibility index (Phi) is 9.48. The smallest absolute Gasteiger partial charge is 0.203 e. The first-order valence-corrected chi connectivity index (χ1v) is 8.72. The van der Waals surface area contributed by atoms with Gasteiger partial charge in [0.25, 0.3) is 0 Å². The number of hydrogen-bond donors (Lipinski definition) is 0. The van der Waals surface area contributed by atoms with Crippen LogP contribution >= 0.6 is 23.5 Å². The largest absolute Gasteiger partial charge is 0.309 e. The van der Waals surface area contributed by atoms with Gasteiger partial charge >= 0.3 is 0 Å². The van der Waals surface area contributed by atoms with Crippen molar-refractivity contribution in [1.82, 2.24) is 0 Å². The molecule has 0 aliphatic rings. The maximum absolute atomic E-state index is 14.1. The molecule has 0 atom stereocenters. The van der Waals surface area contributed by atoms with Gasteiger partial charge in [-0.15, -0.1) is 12.8 Å². The first-order valence-electron chi connectivity index (χ1n) is 7.57. The van der Waals surface area contributed by atoms with Crippen LogP contribution in [-0.2, 0) is 0 Å². The van der Waals surface area contributed by atoms with E-state index in [2.05, 4.69) is 12.8 Å². The van der Waals surface area contributed by atoms with E-state index in [9.17, 15) is 18.9 Å². The molecule has 0 fully saturated rings. The highest BCUT2D eigenvalue weighted by molar-refractivity contribution is 8.00. The fraction of sp³-hybridized carbons (Fsp3) is 0.222. The number of benzene rings is 2. The van der Waals surface area contributed by atoms with Gasteiger partial charge in [-0.05, 0) is 54.8 Å². The fourth-order valence-electron chi connectivity index (χ4n) is 2.01. The van der Waals surface area contributed by atoms with Gasteiger partial charge in [0.15, 0.2) is 0 Å². The van der Waals surface area contributed by atoms with E-state index in [1.165, 1.54) is 11.9 Å². The molecule has 0 N–H and O–H groups in total. The monoisotopic (exact) mass is 398 g/mol. The summed E-state index contributed by atoms with van der Waals surface area (Å²) in [7, 11) is 0. The highest BCUT2D eigenvalue weighted by Crippen LogP contribution is 2.32. The number of unbranched alkanes of at least 4 members (excludes halogenated alkanes) is 1. The first-order chi connectivity index (χ1) is 12.5. The van der Waals surface area contributed by atoms with Gasteiger partial charge in [-0.25, -0.2) is 8.78 Å². The van der Waals surface area contributed by atoms with Crippen LogP contribution in [-0.4, -0.2) is 18.0 Å². The second kappa shape index (κ2) is 11.3. The van der Waals surface area contributed by atoms with E-state index in [0.29, 0.717) is 24.4 Å².